The number of hydrogen-bond acceptors (Lipinski definition) is 3. The molecular weight excluding hydrogens is 281 g/mol. The van der Waals surface area contributed by atoms with E-state index in [1.54, 1.807) is 7.11 Å². The maximum Gasteiger partial charge on any atom is 0.391 e. The molecule has 0 radical (unpaired) electrons. The Morgan fingerprint density at radius 3 is 2.38 bits per heavy atom. The van der Waals surface area contributed by atoms with Crippen LogP contribution in [0.1, 0.15) is 38.5 Å². The van der Waals surface area contributed by atoms with E-state index in [1.807, 2.05) is 0 Å². The molecule has 0 aromatic rings. The van der Waals surface area contributed by atoms with E-state index in [9.17, 15) is 13.2 Å². The molecule has 0 aromatic heterocycles. The molecule has 3 nitrogen and oxygen atoms in total. The van der Waals surface area contributed by atoms with Crippen LogP contribution in [-0.4, -0.2) is 56.5 Å². The smallest absolute Gasteiger partial charge is 0.383 e. The van der Waals surface area contributed by atoms with E-state index < -0.39 is 12.1 Å². The molecule has 21 heavy (non-hydrogen) atoms. The predicted molar refractivity (Wildman–Crippen MR) is 76.3 cm³/mol. The van der Waals surface area contributed by atoms with Gasteiger partial charge in [0.15, 0.2) is 0 Å². The molecule has 0 aromatic carbocycles. The summed E-state index contributed by atoms with van der Waals surface area (Å²) in [5.74, 6) is -1.09. The van der Waals surface area contributed by atoms with Gasteiger partial charge in [0, 0.05) is 32.3 Å². The standard InChI is InChI=1S/C15H27F3N2O/c1-21-10-9-20(11-13-3-2-8-19-13)14-6-4-12(5-7-14)15(16,17)18/h12-14,19H,2-11H2,1H3. The van der Waals surface area contributed by atoms with Crippen LogP contribution >= 0.6 is 0 Å². The van der Waals surface area contributed by atoms with Crippen LogP contribution in [0.5, 0.6) is 0 Å². The molecule has 1 saturated carbocycles. The van der Waals surface area contributed by atoms with Gasteiger partial charge in [0.2, 0.25) is 0 Å². The van der Waals surface area contributed by atoms with Crippen LogP contribution in [0.25, 0.3) is 0 Å². The molecule has 1 heterocycles. The Hall–Kier alpha value is -0.330. The van der Waals surface area contributed by atoms with Crippen LogP contribution < -0.4 is 5.32 Å². The van der Waals surface area contributed by atoms with Gasteiger partial charge in [0.1, 0.15) is 0 Å². The summed E-state index contributed by atoms with van der Waals surface area (Å²) in [4.78, 5) is 2.35. The number of nitrogens with one attached hydrogen (secondary N) is 1. The maximum atomic E-state index is 12.8. The van der Waals surface area contributed by atoms with Gasteiger partial charge in [0.25, 0.3) is 0 Å². The predicted octanol–water partition coefficient (Wildman–Crippen LogP) is 2.81. The lowest BCUT2D eigenvalue weighted by atomic mass is 9.84. The third kappa shape index (κ3) is 5.11. The van der Waals surface area contributed by atoms with Crippen molar-refractivity contribution in [2.45, 2.75) is 56.8 Å². The van der Waals surface area contributed by atoms with Crippen LogP contribution in [-0.2, 0) is 4.74 Å². The minimum atomic E-state index is -4.02. The molecule has 2 aliphatic rings. The van der Waals surface area contributed by atoms with Crippen LogP contribution in [0.15, 0.2) is 0 Å². The molecule has 1 N–H and O–H groups in total. The van der Waals surface area contributed by atoms with Gasteiger partial charge in [-0.1, -0.05) is 0 Å². The van der Waals surface area contributed by atoms with Crippen molar-refractivity contribution in [2.24, 2.45) is 5.92 Å². The second-order valence-electron chi connectivity index (χ2n) is 6.33. The number of rotatable bonds is 6. The molecule has 1 saturated heterocycles. The fourth-order valence-corrected chi connectivity index (χ4v) is 3.60. The van der Waals surface area contributed by atoms with Crippen LogP contribution in [0, 0.1) is 5.92 Å². The van der Waals surface area contributed by atoms with Crippen molar-refractivity contribution in [3.63, 3.8) is 0 Å². The minimum absolute atomic E-state index is 0.274. The molecule has 1 aliphatic carbocycles. The SMILES string of the molecule is COCCN(CC1CCCN1)C1CCC(C(F)(F)F)CC1. The van der Waals surface area contributed by atoms with Crippen LogP contribution in [0.2, 0.25) is 0 Å². The molecule has 1 unspecified atom stereocenters. The molecule has 124 valence electrons. The molecule has 0 amide bonds. The van der Waals surface area contributed by atoms with Gasteiger partial charge in [-0.3, -0.25) is 4.90 Å². The molecule has 0 spiro atoms. The van der Waals surface area contributed by atoms with Gasteiger partial charge >= 0.3 is 6.18 Å². The highest BCUT2D eigenvalue weighted by molar-refractivity contribution is 4.86. The van der Waals surface area contributed by atoms with E-state index in [-0.39, 0.29) is 18.9 Å². The van der Waals surface area contributed by atoms with Gasteiger partial charge in [0.05, 0.1) is 12.5 Å². The summed E-state index contributed by atoms with van der Waals surface area (Å²) in [6, 6.07) is 0.767. The summed E-state index contributed by atoms with van der Waals surface area (Å²) >= 11 is 0. The maximum absolute atomic E-state index is 12.8. The van der Waals surface area contributed by atoms with E-state index in [2.05, 4.69) is 10.2 Å². The number of hydrogen-bond donors (Lipinski definition) is 1. The van der Waals surface area contributed by atoms with Crippen molar-refractivity contribution in [2.75, 3.05) is 33.4 Å². The molecular formula is C15H27F3N2O. The van der Waals surface area contributed by atoms with Crippen molar-refractivity contribution in [1.29, 1.82) is 0 Å². The molecule has 1 atom stereocenters. The Morgan fingerprint density at radius 1 is 1.14 bits per heavy atom. The average Bonchev–Trinajstić information content (AvgIpc) is 2.95. The molecule has 2 fully saturated rings. The topological polar surface area (TPSA) is 24.5 Å². The summed E-state index contributed by atoms with van der Waals surface area (Å²) in [5.41, 5.74) is 0. The van der Waals surface area contributed by atoms with E-state index in [0.717, 1.165) is 19.6 Å². The molecule has 1 aliphatic heterocycles. The zero-order valence-corrected chi connectivity index (χ0v) is 12.8. The Balaban J connectivity index is 1.85. The largest absolute Gasteiger partial charge is 0.391 e. The van der Waals surface area contributed by atoms with E-state index in [0.29, 0.717) is 25.5 Å². The first-order valence-corrected chi connectivity index (χ1v) is 8.03. The number of halogens is 3. The van der Waals surface area contributed by atoms with Gasteiger partial charge in [-0.25, -0.2) is 0 Å². The molecule has 0 bridgehead atoms. The molecule has 2 rings (SSSR count). The van der Waals surface area contributed by atoms with Gasteiger partial charge in [-0.2, -0.15) is 13.2 Å². The molecule has 6 heteroatoms. The Bertz CT molecular complexity index is 298. The summed E-state index contributed by atoms with van der Waals surface area (Å²) in [6.45, 7) is 3.45. The van der Waals surface area contributed by atoms with Crippen molar-refractivity contribution in [3.8, 4) is 0 Å². The van der Waals surface area contributed by atoms with E-state index >= 15 is 0 Å². The van der Waals surface area contributed by atoms with Crippen molar-refractivity contribution < 1.29 is 17.9 Å². The van der Waals surface area contributed by atoms with Crippen molar-refractivity contribution in [1.82, 2.24) is 10.2 Å². The second kappa shape index (κ2) is 7.79. The summed E-state index contributed by atoms with van der Waals surface area (Å²) in [7, 11) is 1.67. The number of alkyl halides is 3. The number of nitrogens with zero attached hydrogens (tertiary/aromatic N) is 1. The minimum Gasteiger partial charge on any atom is -0.383 e. The third-order valence-electron chi connectivity index (χ3n) is 4.88. The average molecular weight is 308 g/mol. The number of methoxy groups -OCH3 is 1. The van der Waals surface area contributed by atoms with E-state index in [1.165, 1.54) is 12.8 Å². The zero-order chi connectivity index (χ0) is 15.3. The Labute approximate surface area is 125 Å². The quantitative estimate of drug-likeness (QED) is 0.816. The highest BCUT2D eigenvalue weighted by atomic mass is 19.4. The Morgan fingerprint density at radius 2 is 1.86 bits per heavy atom. The first-order valence-electron chi connectivity index (χ1n) is 8.03. The summed E-state index contributed by atoms with van der Waals surface area (Å²) in [5, 5.41) is 3.47. The highest BCUT2D eigenvalue weighted by Gasteiger charge is 2.42. The van der Waals surface area contributed by atoms with Crippen LogP contribution in [0.4, 0.5) is 13.2 Å². The second-order valence-corrected chi connectivity index (χ2v) is 6.33. The zero-order valence-electron chi connectivity index (χ0n) is 12.8. The van der Waals surface area contributed by atoms with Gasteiger partial charge in [-0.15, -0.1) is 0 Å². The van der Waals surface area contributed by atoms with E-state index in [4.69, 9.17) is 4.74 Å². The first kappa shape index (κ1) is 17.0. The summed E-state index contributed by atoms with van der Waals surface area (Å²) in [6.07, 6.45) is 0.201. The number of ether oxygens (including phenoxy) is 1. The third-order valence-corrected chi connectivity index (χ3v) is 4.88. The lowest BCUT2D eigenvalue weighted by Crippen LogP contribution is -2.47. The van der Waals surface area contributed by atoms with Crippen LogP contribution in [0.3, 0.4) is 0 Å². The summed E-state index contributed by atoms with van der Waals surface area (Å²) < 4.78 is 43.4. The van der Waals surface area contributed by atoms with Crippen molar-refractivity contribution >= 4 is 0 Å². The van der Waals surface area contributed by atoms with Gasteiger partial charge < -0.3 is 10.1 Å². The highest BCUT2D eigenvalue weighted by Crippen LogP contribution is 2.38. The first-order chi connectivity index (χ1) is 10.0. The van der Waals surface area contributed by atoms with Crippen molar-refractivity contribution in [3.05, 3.63) is 0 Å². The van der Waals surface area contributed by atoms with Gasteiger partial charge in [-0.05, 0) is 45.1 Å². The fourth-order valence-electron chi connectivity index (χ4n) is 3.60. The fraction of sp³-hybridized carbons (Fsp3) is 1.00. The normalized spacial score (nSPS) is 31.0. The lowest BCUT2D eigenvalue weighted by molar-refractivity contribution is -0.184. The Kier molecular flexibility index (Phi) is 6.32. The lowest BCUT2D eigenvalue weighted by Gasteiger charge is -2.38. The monoisotopic (exact) mass is 308 g/mol.